The largest absolute Gasteiger partial charge is 0.355 e. The summed E-state index contributed by atoms with van der Waals surface area (Å²) in [5.74, 6) is -0.100. The van der Waals surface area contributed by atoms with Crippen LogP contribution in [0.25, 0.3) is 10.9 Å². The van der Waals surface area contributed by atoms with E-state index in [9.17, 15) is 9.59 Å². The number of aromatic nitrogens is 2. The summed E-state index contributed by atoms with van der Waals surface area (Å²) in [6.07, 6.45) is 2.40. The van der Waals surface area contributed by atoms with Crippen molar-refractivity contribution in [2.45, 2.75) is 30.3 Å². The lowest BCUT2D eigenvalue weighted by Crippen LogP contribution is -2.33. The minimum atomic E-state index is -0.412. The Morgan fingerprint density at radius 2 is 2.07 bits per heavy atom. The summed E-state index contributed by atoms with van der Waals surface area (Å²) in [7, 11) is 0. The third-order valence-corrected chi connectivity index (χ3v) is 5.73. The van der Waals surface area contributed by atoms with Crippen LogP contribution in [0.4, 0.5) is 0 Å². The second kappa shape index (κ2) is 9.76. The molecule has 0 saturated carbocycles. The van der Waals surface area contributed by atoms with E-state index in [4.69, 9.17) is 11.6 Å². The number of hydrogen-bond donors (Lipinski definition) is 1. The van der Waals surface area contributed by atoms with Gasteiger partial charge in [-0.15, -0.1) is 6.58 Å². The van der Waals surface area contributed by atoms with Crippen molar-refractivity contribution in [2.24, 2.45) is 0 Å². The number of thioether (sulfide) groups is 1. The summed E-state index contributed by atoms with van der Waals surface area (Å²) in [5, 5.41) is 4.00. The zero-order valence-corrected chi connectivity index (χ0v) is 17.7. The number of allylic oxidation sites excluding steroid dienone is 1. The molecule has 0 fully saturated rings. The van der Waals surface area contributed by atoms with Crippen LogP contribution in [-0.2, 0) is 17.8 Å². The molecule has 0 spiro atoms. The van der Waals surface area contributed by atoms with E-state index < -0.39 is 5.25 Å². The predicted molar refractivity (Wildman–Crippen MR) is 120 cm³/mol. The van der Waals surface area contributed by atoms with Gasteiger partial charge >= 0.3 is 0 Å². The first-order chi connectivity index (χ1) is 14.0. The number of halogens is 1. The number of benzene rings is 2. The topological polar surface area (TPSA) is 64.0 Å². The normalized spacial score (nSPS) is 11.9. The summed E-state index contributed by atoms with van der Waals surface area (Å²) < 4.78 is 1.53. The van der Waals surface area contributed by atoms with Gasteiger partial charge in [0.1, 0.15) is 0 Å². The molecule has 1 heterocycles. The molecule has 1 aromatic heterocycles. The Morgan fingerprint density at radius 3 is 2.79 bits per heavy atom. The van der Waals surface area contributed by atoms with Crippen molar-refractivity contribution in [1.82, 2.24) is 14.9 Å². The molecule has 2 aromatic carbocycles. The molecule has 1 N–H and O–H groups in total. The summed E-state index contributed by atoms with van der Waals surface area (Å²) in [5.41, 5.74) is 1.51. The lowest BCUT2D eigenvalue weighted by molar-refractivity contribution is -0.120. The molecule has 0 radical (unpaired) electrons. The van der Waals surface area contributed by atoms with Gasteiger partial charge in [0.05, 0.1) is 16.2 Å². The molecule has 7 heteroatoms. The van der Waals surface area contributed by atoms with Gasteiger partial charge in [0, 0.05) is 18.1 Å². The van der Waals surface area contributed by atoms with E-state index >= 15 is 0 Å². The molecular weight excluding hydrogens is 406 g/mol. The maximum absolute atomic E-state index is 12.8. The average molecular weight is 428 g/mol. The Bertz CT molecular complexity index is 1080. The van der Waals surface area contributed by atoms with Gasteiger partial charge in [0.15, 0.2) is 5.16 Å². The zero-order valence-electron chi connectivity index (χ0n) is 16.1. The highest BCUT2D eigenvalue weighted by Crippen LogP contribution is 2.24. The Kier molecular flexibility index (Phi) is 7.12. The van der Waals surface area contributed by atoms with E-state index in [1.165, 1.54) is 21.9 Å². The van der Waals surface area contributed by atoms with Crippen molar-refractivity contribution in [3.63, 3.8) is 0 Å². The third-order valence-electron chi connectivity index (χ3n) is 4.40. The summed E-state index contributed by atoms with van der Waals surface area (Å²) in [4.78, 5) is 29.9. The van der Waals surface area contributed by atoms with Crippen LogP contribution in [0.3, 0.4) is 0 Å². The molecule has 0 aliphatic carbocycles. The van der Waals surface area contributed by atoms with E-state index in [1.54, 1.807) is 31.2 Å². The van der Waals surface area contributed by atoms with Crippen molar-refractivity contribution in [3.05, 3.63) is 82.1 Å². The molecule has 5 nitrogen and oxygen atoms in total. The van der Waals surface area contributed by atoms with Crippen LogP contribution in [0.1, 0.15) is 12.5 Å². The van der Waals surface area contributed by atoms with Gasteiger partial charge in [-0.1, -0.05) is 59.8 Å². The quantitative estimate of drug-likeness (QED) is 0.334. The molecule has 0 bridgehead atoms. The Balaban J connectivity index is 1.75. The summed E-state index contributed by atoms with van der Waals surface area (Å²) in [6, 6.07) is 15.0. The molecule has 0 saturated heterocycles. The molecule has 1 atom stereocenters. The number of carbonyl (C=O) groups excluding carboxylic acids is 1. The minimum absolute atomic E-state index is 0.100. The van der Waals surface area contributed by atoms with Gasteiger partial charge < -0.3 is 5.32 Å². The Morgan fingerprint density at radius 1 is 1.31 bits per heavy atom. The lowest BCUT2D eigenvalue weighted by Gasteiger charge is -2.15. The molecular formula is C22H22ClN3O2S. The smallest absolute Gasteiger partial charge is 0.262 e. The molecule has 3 aromatic rings. The highest BCUT2D eigenvalue weighted by molar-refractivity contribution is 8.00. The van der Waals surface area contributed by atoms with Crippen molar-refractivity contribution >= 4 is 40.2 Å². The monoisotopic (exact) mass is 427 g/mol. The van der Waals surface area contributed by atoms with E-state index in [1.807, 2.05) is 30.3 Å². The summed E-state index contributed by atoms with van der Waals surface area (Å²) in [6.45, 7) is 6.38. The predicted octanol–water partition coefficient (Wildman–Crippen LogP) is 4.08. The number of rotatable bonds is 8. The van der Waals surface area contributed by atoms with Gasteiger partial charge in [0.25, 0.3) is 5.56 Å². The number of hydrogen-bond acceptors (Lipinski definition) is 4. The van der Waals surface area contributed by atoms with Gasteiger partial charge in [-0.3, -0.25) is 14.2 Å². The number of nitrogens with zero attached hydrogens (tertiary/aromatic N) is 2. The minimum Gasteiger partial charge on any atom is -0.355 e. The van der Waals surface area contributed by atoms with Crippen LogP contribution in [0.2, 0.25) is 5.02 Å². The van der Waals surface area contributed by atoms with Crippen molar-refractivity contribution in [2.75, 3.05) is 6.54 Å². The SMILES string of the molecule is C=CCn1c(SC(C)C(=O)NCCc2ccccc2)nc2cc(Cl)ccc2c1=O. The van der Waals surface area contributed by atoms with Crippen LogP contribution in [0.5, 0.6) is 0 Å². The fourth-order valence-electron chi connectivity index (χ4n) is 2.88. The first-order valence-corrected chi connectivity index (χ1v) is 10.5. The van der Waals surface area contributed by atoms with Crippen molar-refractivity contribution in [3.8, 4) is 0 Å². The second-order valence-electron chi connectivity index (χ2n) is 6.55. The lowest BCUT2D eigenvalue weighted by atomic mass is 10.1. The van der Waals surface area contributed by atoms with Crippen LogP contribution < -0.4 is 10.9 Å². The standard InChI is InChI=1S/C22H22ClN3O2S/c1-3-13-26-21(28)18-10-9-17(23)14-19(18)25-22(26)29-15(2)20(27)24-12-11-16-7-5-4-6-8-16/h3-10,14-15H,1,11-13H2,2H3,(H,24,27). The van der Waals surface area contributed by atoms with E-state index in [-0.39, 0.29) is 11.5 Å². The Labute approximate surface area is 178 Å². The fourth-order valence-corrected chi connectivity index (χ4v) is 3.99. The maximum Gasteiger partial charge on any atom is 0.262 e. The maximum atomic E-state index is 12.8. The van der Waals surface area contributed by atoms with Crippen molar-refractivity contribution < 1.29 is 4.79 Å². The molecule has 29 heavy (non-hydrogen) atoms. The van der Waals surface area contributed by atoms with Gasteiger partial charge in [-0.25, -0.2) is 4.98 Å². The third kappa shape index (κ3) is 5.28. The first-order valence-electron chi connectivity index (χ1n) is 9.29. The first kappa shape index (κ1) is 21.1. The number of amides is 1. The highest BCUT2D eigenvalue weighted by atomic mass is 35.5. The van der Waals surface area contributed by atoms with Crippen LogP contribution in [0.15, 0.2) is 71.1 Å². The number of fused-ring (bicyclic) bond motifs is 1. The number of nitrogens with one attached hydrogen (secondary N) is 1. The molecule has 150 valence electrons. The van der Waals surface area contributed by atoms with Crippen molar-refractivity contribution in [1.29, 1.82) is 0 Å². The van der Waals surface area contributed by atoms with Crippen LogP contribution >= 0.6 is 23.4 Å². The molecule has 0 aliphatic rings. The molecule has 1 amide bonds. The van der Waals surface area contributed by atoms with E-state index in [0.717, 1.165) is 6.42 Å². The van der Waals surface area contributed by atoms with E-state index in [0.29, 0.717) is 34.2 Å². The van der Waals surface area contributed by atoms with E-state index in [2.05, 4.69) is 16.9 Å². The van der Waals surface area contributed by atoms with Crippen LogP contribution in [0, 0.1) is 0 Å². The Hall–Kier alpha value is -2.57. The van der Waals surface area contributed by atoms with Crippen LogP contribution in [-0.4, -0.2) is 27.3 Å². The molecule has 1 unspecified atom stereocenters. The zero-order chi connectivity index (χ0) is 20.8. The average Bonchev–Trinajstić information content (AvgIpc) is 2.71. The fraction of sp³-hybridized carbons (Fsp3) is 0.227. The molecule has 3 rings (SSSR count). The van der Waals surface area contributed by atoms with Gasteiger partial charge in [0.2, 0.25) is 5.91 Å². The second-order valence-corrected chi connectivity index (χ2v) is 8.29. The highest BCUT2D eigenvalue weighted by Gasteiger charge is 2.19. The van der Waals surface area contributed by atoms with Gasteiger partial charge in [-0.2, -0.15) is 0 Å². The summed E-state index contributed by atoms with van der Waals surface area (Å²) >= 11 is 7.30. The van der Waals surface area contributed by atoms with Gasteiger partial charge in [-0.05, 0) is 37.1 Å². The number of carbonyl (C=O) groups is 1. The molecule has 0 aliphatic heterocycles.